The molecule has 4 N–H and O–H groups in total. The molecule has 0 amide bonds. The van der Waals surface area contributed by atoms with E-state index in [-0.39, 0.29) is 12.0 Å². The molecule has 80 valence electrons. The molecule has 1 aliphatic heterocycles. The van der Waals surface area contributed by atoms with Gasteiger partial charge in [-0.15, -0.1) is 0 Å². The average molecular weight is 206 g/mol. The standard InChI is InChI=1S/C11H14N2O2/c12-9(11(14)15)5-7-6-13-10-4-2-1-3-8(7)10/h1-4,6,8-10,13H,5,12H2,(H,14,15). The van der Waals surface area contributed by atoms with Gasteiger partial charge in [-0.2, -0.15) is 0 Å². The van der Waals surface area contributed by atoms with E-state index in [1.54, 1.807) is 0 Å². The number of nitrogens with two attached hydrogens (primary N) is 1. The van der Waals surface area contributed by atoms with Crippen LogP contribution in [0.3, 0.4) is 0 Å². The van der Waals surface area contributed by atoms with E-state index in [2.05, 4.69) is 17.5 Å². The predicted octanol–water partition coefficient (Wildman–Crippen LogP) is 0.386. The van der Waals surface area contributed by atoms with E-state index >= 15 is 0 Å². The summed E-state index contributed by atoms with van der Waals surface area (Å²) in [6.07, 6.45) is 10.4. The molecule has 0 bridgehead atoms. The molecule has 0 aromatic rings. The maximum atomic E-state index is 10.6. The predicted molar refractivity (Wildman–Crippen MR) is 57.0 cm³/mol. The largest absolute Gasteiger partial charge is 0.480 e. The summed E-state index contributed by atoms with van der Waals surface area (Å²) in [4.78, 5) is 10.6. The highest BCUT2D eigenvalue weighted by molar-refractivity contribution is 5.73. The number of fused-ring (bicyclic) bond motifs is 1. The molecule has 0 spiro atoms. The molecule has 0 saturated carbocycles. The topological polar surface area (TPSA) is 75.3 Å². The second-order valence-electron chi connectivity index (χ2n) is 3.86. The highest BCUT2D eigenvalue weighted by Gasteiger charge is 2.28. The van der Waals surface area contributed by atoms with Gasteiger partial charge in [0.05, 0.1) is 6.04 Å². The van der Waals surface area contributed by atoms with E-state index in [1.807, 2.05) is 18.4 Å². The van der Waals surface area contributed by atoms with Crippen LogP contribution in [0.5, 0.6) is 0 Å². The van der Waals surface area contributed by atoms with E-state index in [0.29, 0.717) is 6.42 Å². The van der Waals surface area contributed by atoms with Crippen molar-refractivity contribution in [1.29, 1.82) is 0 Å². The molecular formula is C11H14N2O2. The molecule has 1 aliphatic carbocycles. The second-order valence-corrected chi connectivity index (χ2v) is 3.86. The SMILES string of the molecule is NC(CC1=CNC2C=CC=CC12)C(=O)O. The fourth-order valence-electron chi connectivity index (χ4n) is 1.96. The number of carboxylic acid groups (broad SMARTS) is 1. The molecule has 3 atom stereocenters. The Bertz CT molecular complexity index is 358. The van der Waals surface area contributed by atoms with Crippen LogP contribution in [-0.4, -0.2) is 23.2 Å². The molecule has 0 fully saturated rings. The van der Waals surface area contributed by atoms with Crippen LogP contribution in [0.15, 0.2) is 36.1 Å². The zero-order chi connectivity index (χ0) is 10.8. The highest BCUT2D eigenvalue weighted by Crippen LogP contribution is 2.28. The van der Waals surface area contributed by atoms with Crippen LogP contribution in [0.1, 0.15) is 6.42 Å². The fraction of sp³-hybridized carbons (Fsp3) is 0.364. The van der Waals surface area contributed by atoms with Crippen molar-refractivity contribution in [1.82, 2.24) is 5.32 Å². The number of aliphatic carboxylic acids is 1. The first-order valence-electron chi connectivity index (χ1n) is 4.97. The maximum absolute atomic E-state index is 10.6. The second kappa shape index (κ2) is 3.90. The van der Waals surface area contributed by atoms with Gasteiger partial charge in [0.25, 0.3) is 0 Å². The van der Waals surface area contributed by atoms with Gasteiger partial charge in [-0.3, -0.25) is 4.79 Å². The minimum Gasteiger partial charge on any atom is -0.480 e. The summed E-state index contributed by atoms with van der Waals surface area (Å²) >= 11 is 0. The van der Waals surface area contributed by atoms with Gasteiger partial charge in [0.2, 0.25) is 0 Å². The lowest BCUT2D eigenvalue weighted by molar-refractivity contribution is -0.138. The van der Waals surface area contributed by atoms with E-state index in [9.17, 15) is 4.79 Å². The van der Waals surface area contributed by atoms with Gasteiger partial charge in [-0.05, 0) is 18.2 Å². The zero-order valence-corrected chi connectivity index (χ0v) is 8.26. The van der Waals surface area contributed by atoms with Gasteiger partial charge in [-0.1, -0.05) is 24.3 Å². The van der Waals surface area contributed by atoms with Crippen LogP contribution in [0.4, 0.5) is 0 Å². The molecule has 1 heterocycles. The number of nitrogens with one attached hydrogen (secondary N) is 1. The first-order valence-corrected chi connectivity index (χ1v) is 4.97. The summed E-state index contributed by atoms with van der Waals surface area (Å²) in [5.41, 5.74) is 6.57. The minimum atomic E-state index is -0.949. The van der Waals surface area contributed by atoms with E-state index in [0.717, 1.165) is 5.57 Å². The van der Waals surface area contributed by atoms with Crippen LogP contribution < -0.4 is 11.1 Å². The lowest BCUT2D eigenvalue weighted by Crippen LogP contribution is -2.32. The third kappa shape index (κ3) is 1.94. The number of hydrogen-bond acceptors (Lipinski definition) is 3. The molecule has 15 heavy (non-hydrogen) atoms. The first-order chi connectivity index (χ1) is 7.18. The van der Waals surface area contributed by atoms with Gasteiger partial charge >= 0.3 is 5.97 Å². The van der Waals surface area contributed by atoms with Gasteiger partial charge in [-0.25, -0.2) is 0 Å². The molecule has 2 rings (SSSR count). The Labute approximate surface area is 88.2 Å². The lowest BCUT2D eigenvalue weighted by Gasteiger charge is -2.19. The first kappa shape index (κ1) is 9.98. The van der Waals surface area contributed by atoms with Gasteiger partial charge < -0.3 is 16.2 Å². The number of carbonyl (C=O) groups is 1. The van der Waals surface area contributed by atoms with Crippen molar-refractivity contribution in [3.8, 4) is 0 Å². The third-order valence-electron chi connectivity index (χ3n) is 2.80. The van der Waals surface area contributed by atoms with Crippen LogP contribution >= 0.6 is 0 Å². The maximum Gasteiger partial charge on any atom is 0.320 e. The Morgan fingerprint density at radius 3 is 3.00 bits per heavy atom. The number of hydrogen-bond donors (Lipinski definition) is 3. The molecule has 2 aliphatic rings. The molecule has 0 aromatic heterocycles. The Kier molecular flexibility index (Phi) is 2.60. The zero-order valence-electron chi connectivity index (χ0n) is 8.26. The molecular weight excluding hydrogens is 192 g/mol. The van der Waals surface area contributed by atoms with Crippen LogP contribution in [0.2, 0.25) is 0 Å². The lowest BCUT2D eigenvalue weighted by atomic mass is 9.88. The molecule has 4 nitrogen and oxygen atoms in total. The third-order valence-corrected chi connectivity index (χ3v) is 2.80. The minimum absolute atomic E-state index is 0.264. The number of carboxylic acids is 1. The van der Waals surface area contributed by atoms with Crippen molar-refractivity contribution in [2.75, 3.05) is 0 Å². The quantitative estimate of drug-likeness (QED) is 0.624. The molecule has 0 aromatic carbocycles. The summed E-state index contributed by atoms with van der Waals surface area (Å²) in [5, 5.41) is 11.9. The Balaban J connectivity index is 2.03. The smallest absolute Gasteiger partial charge is 0.320 e. The van der Waals surface area contributed by atoms with E-state index < -0.39 is 12.0 Å². The summed E-state index contributed by atoms with van der Waals surface area (Å²) in [6.45, 7) is 0. The average Bonchev–Trinajstić information content (AvgIpc) is 2.62. The Morgan fingerprint density at radius 2 is 2.27 bits per heavy atom. The van der Waals surface area contributed by atoms with Crippen molar-refractivity contribution < 1.29 is 9.90 Å². The highest BCUT2D eigenvalue weighted by atomic mass is 16.4. The molecule has 4 heteroatoms. The van der Waals surface area contributed by atoms with E-state index in [1.165, 1.54) is 0 Å². The summed E-state index contributed by atoms with van der Waals surface area (Å²) in [7, 11) is 0. The van der Waals surface area contributed by atoms with Crippen molar-refractivity contribution >= 4 is 5.97 Å². The molecule has 3 unspecified atom stereocenters. The van der Waals surface area contributed by atoms with Crippen LogP contribution in [0, 0.1) is 5.92 Å². The molecule has 0 saturated heterocycles. The van der Waals surface area contributed by atoms with Gasteiger partial charge in [0.1, 0.15) is 6.04 Å². The number of allylic oxidation sites excluding steroid dienone is 2. The van der Waals surface area contributed by atoms with Crippen molar-refractivity contribution in [2.24, 2.45) is 11.7 Å². The summed E-state index contributed by atoms with van der Waals surface area (Å²) in [5.74, 6) is -0.685. The Morgan fingerprint density at radius 1 is 1.53 bits per heavy atom. The van der Waals surface area contributed by atoms with Gasteiger partial charge in [0, 0.05) is 5.92 Å². The van der Waals surface area contributed by atoms with Crippen LogP contribution in [-0.2, 0) is 4.79 Å². The van der Waals surface area contributed by atoms with Crippen molar-refractivity contribution in [3.63, 3.8) is 0 Å². The van der Waals surface area contributed by atoms with E-state index in [4.69, 9.17) is 10.8 Å². The van der Waals surface area contributed by atoms with Crippen molar-refractivity contribution in [2.45, 2.75) is 18.5 Å². The normalized spacial score (nSPS) is 29.3. The fourth-order valence-corrected chi connectivity index (χ4v) is 1.96. The van der Waals surface area contributed by atoms with Crippen LogP contribution in [0.25, 0.3) is 0 Å². The monoisotopic (exact) mass is 206 g/mol. The number of rotatable bonds is 3. The summed E-state index contributed by atoms with van der Waals surface area (Å²) in [6, 6.07) is -0.540. The molecule has 0 radical (unpaired) electrons. The Hall–Kier alpha value is -1.55. The van der Waals surface area contributed by atoms with Gasteiger partial charge in [0.15, 0.2) is 0 Å². The van der Waals surface area contributed by atoms with Crippen molar-refractivity contribution in [3.05, 3.63) is 36.1 Å². The summed E-state index contributed by atoms with van der Waals surface area (Å²) < 4.78 is 0.